The molecule has 1 heterocycles. The summed E-state index contributed by atoms with van der Waals surface area (Å²) in [5, 5.41) is 7.42. The lowest BCUT2D eigenvalue weighted by Gasteiger charge is -2.08. The molecule has 1 nitrogen and oxygen atoms in total. The van der Waals surface area contributed by atoms with Gasteiger partial charge in [0, 0.05) is 16.2 Å². The van der Waals surface area contributed by atoms with Gasteiger partial charge in [0.25, 0.3) is 0 Å². The van der Waals surface area contributed by atoms with E-state index in [1.807, 2.05) is 6.07 Å². The number of nitrogens with zero attached hydrogens (tertiary/aromatic N) is 1. The molecule has 4 aromatic carbocycles. The Morgan fingerprint density at radius 1 is 0.545 bits per heavy atom. The van der Waals surface area contributed by atoms with Gasteiger partial charge in [-0.25, -0.2) is 4.98 Å². The highest BCUT2D eigenvalue weighted by molar-refractivity contribution is 6.19. The number of pyridine rings is 1. The number of rotatable bonds is 0. The first-order valence-corrected chi connectivity index (χ1v) is 7.50. The summed E-state index contributed by atoms with van der Waals surface area (Å²) in [7, 11) is 0. The van der Waals surface area contributed by atoms with Crippen LogP contribution in [0.15, 0.2) is 78.9 Å². The normalized spacial score (nSPS) is 11.6. The molecule has 0 N–H and O–H groups in total. The minimum atomic E-state index is 1.05. The van der Waals surface area contributed by atoms with Crippen LogP contribution in [-0.2, 0) is 0 Å². The summed E-state index contributed by atoms with van der Waals surface area (Å²) >= 11 is 0. The Morgan fingerprint density at radius 3 is 2.14 bits per heavy atom. The minimum Gasteiger partial charge on any atom is -0.247 e. The van der Waals surface area contributed by atoms with Crippen molar-refractivity contribution in [3.05, 3.63) is 78.9 Å². The fraction of sp³-hybridized carbons (Fsp3) is 0. The molecule has 0 saturated carbocycles. The Balaban J connectivity index is 2.09. The second-order valence-electron chi connectivity index (χ2n) is 5.70. The van der Waals surface area contributed by atoms with Crippen molar-refractivity contribution in [1.82, 2.24) is 4.98 Å². The van der Waals surface area contributed by atoms with Gasteiger partial charge in [0.05, 0.1) is 11.0 Å². The molecule has 5 rings (SSSR count). The van der Waals surface area contributed by atoms with Gasteiger partial charge in [0.1, 0.15) is 0 Å². The largest absolute Gasteiger partial charge is 0.247 e. The lowest BCUT2D eigenvalue weighted by Crippen LogP contribution is -1.86. The highest BCUT2D eigenvalue weighted by atomic mass is 14.7. The molecule has 5 aromatic rings. The molecule has 0 radical (unpaired) electrons. The molecule has 0 amide bonds. The van der Waals surface area contributed by atoms with Crippen molar-refractivity contribution in [1.29, 1.82) is 0 Å². The van der Waals surface area contributed by atoms with E-state index >= 15 is 0 Å². The zero-order valence-electron chi connectivity index (χ0n) is 12.0. The maximum Gasteiger partial charge on any atom is 0.0794 e. The summed E-state index contributed by atoms with van der Waals surface area (Å²) in [5.74, 6) is 0. The fourth-order valence-electron chi connectivity index (χ4n) is 3.33. The molecule has 0 aliphatic rings. The van der Waals surface area contributed by atoms with Gasteiger partial charge in [0.2, 0.25) is 0 Å². The van der Waals surface area contributed by atoms with E-state index in [9.17, 15) is 0 Å². The third kappa shape index (κ3) is 1.57. The van der Waals surface area contributed by atoms with Crippen molar-refractivity contribution < 1.29 is 0 Å². The molecule has 102 valence electrons. The Kier molecular flexibility index (Phi) is 2.28. The van der Waals surface area contributed by atoms with Crippen LogP contribution in [0.5, 0.6) is 0 Å². The first-order valence-electron chi connectivity index (χ1n) is 7.50. The Morgan fingerprint density at radius 2 is 1.23 bits per heavy atom. The topological polar surface area (TPSA) is 12.9 Å². The van der Waals surface area contributed by atoms with E-state index in [-0.39, 0.29) is 0 Å². The number of hydrogen-bond acceptors (Lipinski definition) is 1. The summed E-state index contributed by atoms with van der Waals surface area (Å²) in [5.41, 5.74) is 2.14. The molecule has 0 bridgehead atoms. The molecule has 0 aliphatic heterocycles. The van der Waals surface area contributed by atoms with Crippen molar-refractivity contribution in [2.24, 2.45) is 0 Å². The molecule has 1 aromatic heterocycles. The van der Waals surface area contributed by atoms with Gasteiger partial charge < -0.3 is 0 Å². The monoisotopic (exact) mass is 279 g/mol. The highest BCUT2D eigenvalue weighted by Gasteiger charge is 2.07. The van der Waals surface area contributed by atoms with Crippen LogP contribution in [0.3, 0.4) is 0 Å². The van der Waals surface area contributed by atoms with Crippen molar-refractivity contribution in [3.8, 4) is 0 Å². The van der Waals surface area contributed by atoms with Crippen LogP contribution >= 0.6 is 0 Å². The first-order chi connectivity index (χ1) is 10.9. The van der Waals surface area contributed by atoms with E-state index in [1.165, 1.54) is 32.3 Å². The standard InChI is InChI=1S/C21H13N/c1-3-7-18-14(5-1)9-10-15-11-12-17-13-16-6-2-4-8-19(16)22-21(17)20(15)18/h1-13H. The zero-order valence-corrected chi connectivity index (χ0v) is 12.0. The van der Waals surface area contributed by atoms with Gasteiger partial charge in [-0.15, -0.1) is 0 Å². The van der Waals surface area contributed by atoms with Gasteiger partial charge in [-0.2, -0.15) is 0 Å². The van der Waals surface area contributed by atoms with Crippen molar-refractivity contribution in [2.45, 2.75) is 0 Å². The van der Waals surface area contributed by atoms with Gasteiger partial charge >= 0.3 is 0 Å². The molecule has 1 heteroatoms. The van der Waals surface area contributed by atoms with E-state index in [0.717, 1.165) is 11.0 Å². The molecule has 0 fully saturated rings. The van der Waals surface area contributed by atoms with E-state index in [4.69, 9.17) is 4.98 Å². The van der Waals surface area contributed by atoms with E-state index in [0.29, 0.717) is 0 Å². The lowest BCUT2D eigenvalue weighted by molar-refractivity contribution is 1.52. The van der Waals surface area contributed by atoms with Gasteiger partial charge in [0.15, 0.2) is 0 Å². The Bertz CT molecular complexity index is 1170. The maximum atomic E-state index is 4.96. The smallest absolute Gasteiger partial charge is 0.0794 e. The van der Waals surface area contributed by atoms with Crippen molar-refractivity contribution in [2.75, 3.05) is 0 Å². The summed E-state index contributed by atoms with van der Waals surface area (Å²) in [6, 6.07) is 27.8. The summed E-state index contributed by atoms with van der Waals surface area (Å²) in [4.78, 5) is 4.96. The summed E-state index contributed by atoms with van der Waals surface area (Å²) in [6.45, 7) is 0. The molecule has 0 aliphatic carbocycles. The predicted octanol–water partition coefficient (Wildman–Crippen LogP) is 5.69. The van der Waals surface area contributed by atoms with E-state index < -0.39 is 0 Å². The second-order valence-corrected chi connectivity index (χ2v) is 5.70. The third-order valence-electron chi connectivity index (χ3n) is 4.39. The van der Waals surface area contributed by atoms with Gasteiger partial charge in [-0.3, -0.25) is 0 Å². The van der Waals surface area contributed by atoms with Crippen molar-refractivity contribution >= 4 is 43.4 Å². The fourth-order valence-corrected chi connectivity index (χ4v) is 3.33. The SMILES string of the molecule is c1ccc2nc3c(ccc4ccc5ccccc5c43)cc2c1. The maximum absolute atomic E-state index is 4.96. The van der Waals surface area contributed by atoms with Crippen LogP contribution < -0.4 is 0 Å². The van der Waals surface area contributed by atoms with E-state index in [2.05, 4.69) is 72.8 Å². The number of hydrogen-bond donors (Lipinski definition) is 0. The molecule has 0 spiro atoms. The lowest BCUT2D eigenvalue weighted by atomic mass is 9.98. The Labute approximate surface area is 127 Å². The van der Waals surface area contributed by atoms with Crippen LogP contribution in [0.2, 0.25) is 0 Å². The number of fused-ring (bicyclic) bond motifs is 6. The highest BCUT2D eigenvalue weighted by Crippen LogP contribution is 2.32. The Hall–Kier alpha value is -2.93. The first kappa shape index (κ1) is 11.7. The molecular formula is C21H13N. The molecule has 0 unspecified atom stereocenters. The van der Waals surface area contributed by atoms with Crippen LogP contribution in [0.25, 0.3) is 43.4 Å². The van der Waals surface area contributed by atoms with Gasteiger partial charge in [-0.05, 0) is 28.3 Å². The average Bonchev–Trinajstić information content (AvgIpc) is 2.59. The summed E-state index contributed by atoms with van der Waals surface area (Å²) in [6.07, 6.45) is 0. The van der Waals surface area contributed by atoms with E-state index in [1.54, 1.807) is 0 Å². The molecule has 0 atom stereocenters. The van der Waals surface area contributed by atoms with Crippen LogP contribution in [-0.4, -0.2) is 4.98 Å². The predicted molar refractivity (Wildman–Crippen MR) is 94.3 cm³/mol. The third-order valence-corrected chi connectivity index (χ3v) is 4.39. The molecule has 22 heavy (non-hydrogen) atoms. The van der Waals surface area contributed by atoms with Crippen LogP contribution in [0.4, 0.5) is 0 Å². The second kappa shape index (κ2) is 4.28. The zero-order chi connectivity index (χ0) is 14.5. The number of para-hydroxylation sites is 1. The van der Waals surface area contributed by atoms with Crippen LogP contribution in [0, 0.1) is 0 Å². The van der Waals surface area contributed by atoms with Gasteiger partial charge in [-0.1, -0.05) is 66.7 Å². The average molecular weight is 279 g/mol. The molecular weight excluding hydrogens is 266 g/mol. The minimum absolute atomic E-state index is 1.05. The number of aromatic nitrogens is 1. The van der Waals surface area contributed by atoms with Crippen LogP contribution in [0.1, 0.15) is 0 Å². The molecule has 0 saturated heterocycles. The quantitative estimate of drug-likeness (QED) is 0.262. The van der Waals surface area contributed by atoms with Crippen molar-refractivity contribution in [3.63, 3.8) is 0 Å². The number of benzene rings is 4. The summed E-state index contributed by atoms with van der Waals surface area (Å²) < 4.78 is 0.